The maximum atomic E-state index is 11.4. The monoisotopic (exact) mass is 285 g/mol. The lowest BCUT2D eigenvalue weighted by atomic mass is 9.96. The fraction of sp³-hybridized carbons (Fsp3) is 0.417. The number of hydrogen-bond donors (Lipinski definition) is 1. The van der Waals surface area contributed by atoms with Crippen molar-refractivity contribution in [3.8, 4) is 0 Å². The van der Waals surface area contributed by atoms with Crippen molar-refractivity contribution in [2.75, 3.05) is 0 Å². The summed E-state index contributed by atoms with van der Waals surface area (Å²) < 4.78 is 4.57. The molecule has 0 amide bonds. The van der Waals surface area contributed by atoms with Crippen LogP contribution in [0.2, 0.25) is 0 Å². The predicted molar refractivity (Wildman–Crippen MR) is 66.8 cm³/mol. The molecule has 0 aromatic heterocycles. The molecular weight excluding hydrogens is 270 g/mol. The van der Waals surface area contributed by atoms with Crippen LogP contribution >= 0.6 is 16.3 Å². The summed E-state index contributed by atoms with van der Waals surface area (Å²) in [5.41, 5.74) is 7.74. The summed E-state index contributed by atoms with van der Waals surface area (Å²) in [7, 11) is 0. The highest BCUT2D eigenvalue weighted by atomic mass is 79.9. The maximum Gasteiger partial charge on any atom is 0.320 e. The fourth-order valence-electron chi connectivity index (χ4n) is 1.55. The highest BCUT2D eigenvalue weighted by molar-refractivity contribution is 9.06. The maximum absolute atomic E-state index is 11.4. The first-order valence-corrected chi connectivity index (χ1v) is 5.96. The molecule has 0 spiro atoms. The minimum atomic E-state index is -0.217. The van der Waals surface area contributed by atoms with Crippen molar-refractivity contribution in [3.63, 3.8) is 0 Å². The Balaban J connectivity index is 2.66. The number of rotatable bonds is 5. The van der Waals surface area contributed by atoms with Crippen LogP contribution in [0.5, 0.6) is 0 Å². The van der Waals surface area contributed by atoms with Crippen LogP contribution < -0.4 is 5.73 Å². The second-order valence-corrected chi connectivity index (χ2v) is 4.05. The Labute approximate surface area is 104 Å². The second kappa shape index (κ2) is 6.66. The first-order valence-electron chi connectivity index (χ1n) is 5.31. The molecule has 0 aliphatic carbocycles. The third-order valence-electron chi connectivity index (χ3n) is 2.64. The van der Waals surface area contributed by atoms with Crippen LogP contribution in [-0.2, 0) is 21.6 Å². The number of carbonyl (C=O) groups is 1. The quantitative estimate of drug-likeness (QED) is 0.905. The van der Waals surface area contributed by atoms with Gasteiger partial charge >= 0.3 is 5.97 Å². The van der Waals surface area contributed by atoms with Gasteiger partial charge in [-0.15, -0.1) is 0 Å². The van der Waals surface area contributed by atoms with E-state index in [1.807, 2.05) is 31.2 Å². The Bertz CT molecular complexity index is 337. The van der Waals surface area contributed by atoms with Gasteiger partial charge in [-0.2, -0.15) is 0 Å². The van der Waals surface area contributed by atoms with Crippen LogP contribution in [0.4, 0.5) is 0 Å². The average molecular weight is 286 g/mol. The van der Waals surface area contributed by atoms with Crippen LogP contribution in [-0.4, -0.2) is 5.97 Å². The van der Waals surface area contributed by atoms with E-state index in [9.17, 15) is 4.79 Å². The molecule has 1 aromatic carbocycles. The third-order valence-corrected chi connectivity index (χ3v) is 2.96. The molecule has 0 radical (unpaired) electrons. The molecule has 0 aliphatic heterocycles. The molecule has 0 heterocycles. The highest BCUT2D eigenvalue weighted by Crippen LogP contribution is 2.15. The number of hydrogen-bond acceptors (Lipinski definition) is 3. The molecule has 0 fully saturated rings. The Morgan fingerprint density at radius 2 is 1.94 bits per heavy atom. The lowest BCUT2D eigenvalue weighted by molar-refractivity contribution is -0.136. The van der Waals surface area contributed by atoms with E-state index in [1.165, 1.54) is 0 Å². The zero-order valence-corrected chi connectivity index (χ0v) is 10.9. The third kappa shape index (κ3) is 3.61. The number of nitrogens with two attached hydrogens (primary N) is 1. The van der Waals surface area contributed by atoms with E-state index in [4.69, 9.17) is 5.73 Å². The number of carbonyl (C=O) groups excluding carboxylic acids is 1. The minimum absolute atomic E-state index is 0.0944. The van der Waals surface area contributed by atoms with Crippen molar-refractivity contribution in [1.29, 1.82) is 0 Å². The van der Waals surface area contributed by atoms with Gasteiger partial charge < -0.3 is 9.56 Å². The molecule has 1 atom stereocenters. The summed E-state index contributed by atoms with van der Waals surface area (Å²) in [5, 5.41) is 0. The van der Waals surface area contributed by atoms with Gasteiger partial charge in [-0.3, -0.25) is 4.79 Å². The summed E-state index contributed by atoms with van der Waals surface area (Å²) in [5.74, 6) is -0.312. The first kappa shape index (κ1) is 13.2. The van der Waals surface area contributed by atoms with E-state index in [-0.39, 0.29) is 11.9 Å². The molecule has 1 aromatic rings. The molecule has 4 heteroatoms. The minimum Gasteiger partial charge on any atom is -0.383 e. The van der Waals surface area contributed by atoms with Crippen molar-refractivity contribution >= 4 is 22.2 Å². The zero-order chi connectivity index (χ0) is 12.0. The lowest BCUT2D eigenvalue weighted by Gasteiger charge is -2.11. The first-order chi connectivity index (χ1) is 7.71. The smallest absolute Gasteiger partial charge is 0.320 e. The molecule has 16 heavy (non-hydrogen) atoms. The fourth-order valence-corrected chi connectivity index (χ4v) is 1.82. The van der Waals surface area contributed by atoms with Crippen LogP contribution in [0.3, 0.4) is 0 Å². The Morgan fingerprint density at radius 3 is 2.38 bits per heavy atom. The van der Waals surface area contributed by atoms with E-state index in [0.29, 0.717) is 13.0 Å². The molecule has 0 bridgehead atoms. The van der Waals surface area contributed by atoms with Gasteiger partial charge in [0.05, 0.1) is 5.92 Å². The lowest BCUT2D eigenvalue weighted by Crippen LogP contribution is -2.16. The summed E-state index contributed by atoms with van der Waals surface area (Å²) in [6, 6.07) is 7.99. The van der Waals surface area contributed by atoms with Gasteiger partial charge in [-0.1, -0.05) is 31.2 Å². The Kier molecular flexibility index (Phi) is 5.49. The standard InChI is InChI=1S/C12H16BrNO2/c1-2-11(12(15)16-13)7-9-3-5-10(8-14)6-4-9/h3-6,11H,2,7-8,14H2,1H3. The number of benzene rings is 1. The van der Waals surface area contributed by atoms with E-state index in [0.717, 1.165) is 17.5 Å². The van der Waals surface area contributed by atoms with Gasteiger partial charge in [0.25, 0.3) is 0 Å². The molecule has 0 saturated carbocycles. The van der Waals surface area contributed by atoms with Gasteiger partial charge in [-0.05, 0) is 24.0 Å². The van der Waals surface area contributed by atoms with Gasteiger partial charge in [-0.25, -0.2) is 0 Å². The number of halogens is 1. The Hall–Kier alpha value is -0.870. The molecule has 88 valence electrons. The van der Waals surface area contributed by atoms with E-state index in [1.54, 1.807) is 0 Å². The SMILES string of the molecule is CCC(Cc1ccc(CN)cc1)C(=O)OBr. The molecule has 0 aliphatic rings. The van der Waals surface area contributed by atoms with Crippen LogP contribution in [0.25, 0.3) is 0 Å². The van der Waals surface area contributed by atoms with Crippen molar-refractivity contribution in [2.24, 2.45) is 11.7 Å². The van der Waals surface area contributed by atoms with Crippen LogP contribution in [0, 0.1) is 5.92 Å². The normalized spacial score (nSPS) is 12.2. The van der Waals surface area contributed by atoms with E-state index in [2.05, 4.69) is 20.1 Å². The zero-order valence-electron chi connectivity index (χ0n) is 9.28. The molecule has 3 nitrogen and oxygen atoms in total. The topological polar surface area (TPSA) is 52.3 Å². The molecule has 1 rings (SSSR count). The summed E-state index contributed by atoms with van der Waals surface area (Å²) in [6.07, 6.45) is 1.47. The van der Waals surface area contributed by atoms with Gasteiger partial charge in [0.2, 0.25) is 0 Å². The van der Waals surface area contributed by atoms with E-state index < -0.39 is 0 Å². The molecule has 2 N–H and O–H groups in total. The van der Waals surface area contributed by atoms with Crippen molar-refractivity contribution < 1.29 is 8.62 Å². The van der Waals surface area contributed by atoms with Crippen LogP contribution in [0.15, 0.2) is 24.3 Å². The van der Waals surface area contributed by atoms with Crippen molar-refractivity contribution in [2.45, 2.75) is 26.3 Å². The average Bonchev–Trinajstić information content (AvgIpc) is 2.35. The van der Waals surface area contributed by atoms with E-state index >= 15 is 0 Å². The van der Waals surface area contributed by atoms with Crippen molar-refractivity contribution in [3.05, 3.63) is 35.4 Å². The Morgan fingerprint density at radius 1 is 1.38 bits per heavy atom. The summed E-state index contributed by atoms with van der Waals surface area (Å²) in [4.78, 5) is 11.4. The van der Waals surface area contributed by atoms with Gasteiger partial charge in [0, 0.05) is 6.54 Å². The van der Waals surface area contributed by atoms with Gasteiger partial charge in [0.15, 0.2) is 16.3 Å². The van der Waals surface area contributed by atoms with Gasteiger partial charge in [0.1, 0.15) is 0 Å². The second-order valence-electron chi connectivity index (χ2n) is 3.73. The summed E-state index contributed by atoms with van der Waals surface area (Å²) in [6.45, 7) is 2.52. The molecule has 1 unspecified atom stereocenters. The predicted octanol–water partition coefficient (Wildman–Crippen LogP) is 2.57. The molecule has 0 saturated heterocycles. The summed E-state index contributed by atoms with van der Waals surface area (Å²) >= 11 is 2.73. The van der Waals surface area contributed by atoms with Crippen LogP contribution in [0.1, 0.15) is 24.5 Å². The largest absolute Gasteiger partial charge is 0.383 e. The van der Waals surface area contributed by atoms with Crippen molar-refractivity contribution in [1.82, 2.24) is 0 Å². The molecular formula is C12H16BrNO2. The highest BCUT2D eigenvalue weighted by Gasteiger charge is 2.17.